The predicted molar refractivity (Wildman–Crippen MR) is 106 cm³/mol. The van der Waals surface area contributed by atoms with Crippen LogP contribution < -0.4 is 0 Å². The van der Waals surface area contributed by atoms with Crippen LogP contribution >= 0.6 is 0 Å². The lowest BCUT2D eigenvalue weighted by Gasteiger charge is -2.42. The van der Waals surface area contributed by atoms with Crippen molar-refractivity contribution < 1.29 is 9.59 Å². The Bertz CT molecular complexity index is 758. The van der Waals surface area contributed by atoms with Gasteiger partial charge in [-0.2, -0.15) is 10.2 Å². The van der Waals surface area contributed by atoms with Gasteiger partial charge in [0.25, 0.3) is 11.8 Å². The molecule has 0 aromatic carbocycles. The number of likely N-dealkylation sites (N-methyl/N-ethyl adjacent to an activating group) is 2. The van der Waals surface area contributed by atoms with Gasteiger partial charge < -0.3 is 9.80 Å². The second-order valence-corrected chi connectivity index (χ2v) is 7.36. The van der Waals surface area contributed by atoms with Crippen LogP contribution in [-0.2, 0) is 13.1 Å². The molecule has 1 saturated carbocycles. The van der Waals surface area contributed by atoms with E-state index in [0.717, 1.165) is 38.8 Å². The number of amides is 2. The maximum Gasteiger partial charge on any atom is 0.274 e. The van der Waals surface area contributed by atoms with Gasteiger partial charge in [-0.15, -0.1) is 0 Å². The number of rotatable bonds is 6. The van der Waals surface area contributed by atoms with Gasteiger partial charge in [0.05, 0.1) is 12.1 Å². The van der Waals surface area contributed by atoms with Crippen LogP contribution in [0.4, 0.5) is 0 Å². The molecule has 0 spiro atoms. The lowest BCUT2D eigenvalue weighted by atomic mass is 9.88. The van der Waals surface area contributed by atoms with E-state index in [0.29, 0.717) is 11.4 Å². The molecule has 0 unspecified atom stereocenters. The van der Waals surface area contributed by atoms with Gasteiger partial charge in [-0.3, -0.25) is 19.0 Å². The van der Waals surface area contributed by atoms with Crippen LogP contribution in [0.25, 0.3) is 0 Å². The highest BCUT2D eigenvalue weighted by Gasteiger charge is 2.36. The maximum atomic E-state index is 13.0. The average molecular weight is 387 g/mol. The quantitative estimate of drug-likeness (QED) is 0.763. The fourth-order valence-corrected chi connectivity index (χ4v) is 3.96. The van der Waals surface area contributed by atoms with Crippen LogP contribution in [0, 0.1) is 0 Å². The van der Waals surface area contributed by atoms with E-state index in [9.17, 15) is 9.59 Å². The molecule has 2 amide bonds. The molecule has 2 heterocycles. The van der Waals surface area contributed by atoms with E-state index < -0.39 is 0 Å². The first-order valence-corrected chi connectivity index (χ1v) is 10.1. The molecule has 0 saturated heterocycles. The third-order valence-corrected chi connectivity index (χ3v) is 5.70. The lowest BCUT2D eigenvalue weighted by molar-refractivity contribution is 0.0414. The number of aromatic nitrogens is 4. The third kappa shape index (κ3) is 3.95. The fourth-order valence-electron chi connectivity index (χ4n) is 3.96. The Morgan fingerprint density at radius 1 is 0.893 bits per heavy atom. The highest BCUT2D eigenvalue weighted by Crippen LogP contribution is 2.27. The molecule has 2 atom stereocenters. The molecule has 28 heavy (non-hydrogen) atoms. The molecule has 0 N–H and O–H groups in total. The Balaban J connectivity index is 1.76. The Hall–Kier alpha value is -2.64. The molecule has 2 aromatic rings. The monoisotopic (exact) mass is 386 g/mol. The van der Waals surface area contributed by atoms with E-state index in [1.165, 1.54) is 0 Å². The molecule has 0 radical (unpaired) electrons. The molecule has 3 rings (SSSR count). The summed E-state index contributed by atoms with van der Waals surface area (Å²) in [5.41, 5.74) is 0.897. The summed E-state index contributed by atoms with van der Waals surface area (Å²) in [6, 6.07) is 3.45. The van der Waals surface area contributed by atoms with Crippen molar-refractivity contribution in [2.24, 2.45) is 0 Å². The molecule has 0 bridgehead atoms. The molecule has 0 aliphatic heterocycles. The standard InChI is InChI=1S/C20H30N6O2/c1-5-25-13-11-15(21-25)19(27)23(3)17-9-7-8-10-18(17)24(4)20(28)16-12-14-26(6-2)22-16/h11-14,17-18H,5-10H2,1-4H3/t17-,18-/m1/s1. The third-order valence-electron chi connectivity index (χ3n) is 5.70. The van der Waals surface area contributed by atoms with E-state index in [1.807, 2.05) is 40.3 Å². The van der Waals surface area contributed by atoms with E-state index in [1.54, 1.807) is 31.3 Å². The molecule has 152 valence electrons. The Labute approximate surface area is 166 Å². The van der Waals surface area contributed by atoms with Crippen LogP contribution in [0.2, 0.25) is 0 Å². The molecule has 8 heteroatoms. The summed E-state index contributed by atoms with van der Waals surface area (Å²) >= 11 is 0. The lowest BCUT2D eigenvalue weighted by Crippen LogP contribution is -2.54. The summed E-state index contributed by atoms with van der Waals surface area (Å²) < 4.78 is 3.50. The summed E-state index contributed by atoms with van der Waals surface area (Å²) in [6.07, 6.45) is 7.49. The number of aryl methyl sites for hydroxylation is 2. The zero-order valence-corrected chi connectivity index (χ0v) is 17.2. The van der Waals surface area contributed by atoms with E-state index in [2.05, 4.69) is 10.2 Å². The van der Waals surface area contributed by atoms with Crippen molar-refractivity contribution in [2.75, 3.05) is 14.1 Å². The highest BCUT2D eigenvalue weighted by atomic mass is 16.2. The number of hydrogen-bond acceptors (Lipinski definition) is 4. The van der Waals surface area contributed by atoms with Gasteiger partial charge in [0.1, 0.15) is 11.4 Å². The number of carbonyl (C=O) groups is 2. The highest BCUT2D eigenvalue weighted by molar-refractivity contribution is 5.93. The van der Waals surface area contributed by atoms with Crippen molar-refractivity contribution in [1.29, 1.82) is 0 Å². The number of carbonyl (C=O) groups excluding carboxylic acids is 2. The van der Waals surface area contributed by atoms with Crippen molar-refractivity contribution in [3.63, 3.8) is 0 Å². The van der Waals surface area contributed by atoms with Crippen molar-refractivity contribution in [2.45, 2.75) is 64.7 Å². The second kappa shape index (κ2) is 8.58. The Morgan fingerprint density at radius 3 is 1.61 bits per heavy atom. The SMILES string of the molecule is CCn1ccc(C(=O)N(C)[C@@H]2CCCC[C@H]2N(C)C(=O)c2ccn(CC)n2)n1. The van der Waals surface area contributed by atoms with Crippen LogP contribution in [0.15, 0.2) is 24.5 Å². The van der Waals surface area contributed by atoms with Gasteiger partial charge in [-0.05, 0) is 38.8 Å². The van der Waals surface area contributed by atoms with Crippen molar-refractivity contribution in [3.8, 4) is 0 Å². The zero-order chi connectivity index (χ0) is 20.3. The van der Waals surface area contributed by atoms with Crippen LogP contribution in [-0.4, -0.2) is 67.4 Å². The molecule has 2 aromatic heterocycles. The first kappa shape index (κ1) is 20.1. The molecule has 1 aliphatic rings. The number of hydrogen-bond donors (Lipinski definition) is 0. The molecular formula is C20H30N6O2. The van der Waals surface area contributed by atoms with Gasteiger partial charge in [-0.25, -0.2) is 0 Å². The Kier molecular flexibility index (Phi) is 6.16. The van der Waals surface area contributed by atoms with E-state index >= 15 is 0 Å². The minimum Gasteiger partial charge on any atom is -0.335 e. The van der Waals surface area contributed by atoms with Gasteiger partial charge in [0.15, 0.2) is 0 Å². The molecule has 1 aliphatic carbocycles. The summed E-state index contributed by atoms with van der Waals surface area (Å²) in [5, 5.41) is 8.68. The first-order valence-electron chi connectivity index (χ1n) is 10.1. The van der Waals surface area contributed by atoms with E-state index in [-0.39, 0.29) is 23.9 Å². The largest absolute Gasteiger partial charge is 0.335 e. The molecule has 8 nitrogen and oxygen atoms in total. The minimum atomic E-state index is -0.0970. The summed E-state index contributed by atoms with van der Waals surface area (Å²) in [6.45, 7) is 5.43. The molecule has 1 fully saturated rings. The summed E-state index contributed by atoms with van der Waals surface area (Å²) in [7, 11) is 3.64. The van der Waals surface area contributed by atoms with Gasteiger partial charge in [0.2, 0.25) is 0 Å². The smallest absolute Gasteiger partial charge is 0.274 e. The topological polar surface area (TPSA) is 76.3 Å². The van der Waals surface area contributed by atoms with Gasteiger partial charge >= 0.3 is 0 Å². The normalized spacial score (nSPS) is 19.4. The van der Waals surface area contributed by atoms with E-state index in [4.69, 9.17) is 0 Å². The van der Waals surface area contributed by atoms with Crippen LogP contribution in [0.5, 0.6) is 0 Å². The van der Waals surface area contributed by atoms with Crippen molar-refractivity contribution in [3.05, 3.63) is 35.9 Å². The average Bonchev–Trinajstić information content (AvgIpc) is 3.41. The number of nitrogens with zero attached hydrogens (tertiary/aromatic N) is 6. The summed E-state index contributed by atoms with van der Waals surface area (Å²) in [4.78, 5) is 29.4. The summed E-state index contributed by atoms with van der Waals surface area (Å²) in [5.74, 6) is -0.194. The van der Waals surface area contributed by atoms with Crippen LogP contribution in [0.1, 0.15) is 60.5 Å². The fraction of sp³-hybridized carbons (Fsp3) is 0.600. The van der Waals surface area contributed by atoms with Crippen LogP contribution in [0.3, 0.4) is 0 Å². The second-order valence-electron chi connectivity index (χ2n) is 7.36. The zero-order valence-electron chi connectivity index (χ0n) is 17.2. The minimum absolute atomic E-state index is 0.0322. The van der Waals surface area contributed by atoms with Gasteiger partial charge in [-0.1, -0.05) is 12.8 Å². The predicted octanol–water partition coefficient (Wildman–Crippen LogP) is 2.27. The van der Waals surface area contributed by atoms with Gasteiger partial charge in [0, 0.05) is 39.6 Å². The Morgan fingerprint density at radius 2 is 1.29 bits per heavy atom. The molecular weight excluding hydrogens is 356 g/mol. The van der Waals surface area contributed by atoms with Crippen molar-refractivity contribution >= 4 is 11.8 Å². The maximum absolute atomic E-state index is 13.0. The first-order chi connectivity index (χ1) is 13.5. The van der Waals surface area contributed by atoms with Crippen molar-refractivity contribution in [1.82, 2.24) is 29.4 Å².